The van der Waals surface area contributed by atoms with Crippen molar-refractivity contribution in [2.24, 2.45) is 0 Å². The van der Waals surface area contributed by atoms with Crippen LogP contribution in [0, 0.1) is 0 Å². The van der Waals surface area contributed by atoms with Gasteiger partial charge in [-0.2, -0.15) is 0 Å². The molecule has 0 unspecified atom stereocenters. The Kier molecular flexibility index (Phi) is 3.02. The van der Waals surface area contributed by atoms with Crippen molar-refractivity contribution in [3.8, 4) is 0 Å². The van der Waals surface area contributed by atoms with E-state index in [1.54, 1.807) is 18.2 Å². The zero-order chi connectivity index (χ0) is 9.73. The molecular weight excluding hydrogens is 188 g/mol. The van der Waals surface area contributed by atoms with E-state index in [4.69, 9.17) is 0 Å². The minimum atomic E-state index is -3.32. The molecular formula is C8H10N2O2S. The van der Waals surface area contributed by atoms with Gasteiger partial charge in [0.25, 0.3) is 0 Å². The Hall–Kier alpha value is -1.36. The van der Waals surface area contributed by atoms with Crippen LogP contribution in [-0.4, -0.2) is 19.2 Å². The maximum atomic E-state index is 11.2. The van der Waals surface area contributed by atoms with Crippen molar-refractivity contribution in [3.63, 3.8) is 0 Å². The largest absolute Gasteiger partial charge is 0.267 e. The van der Waals surface area contributed by atoms with Gasteiger partial charge >= 0.3 is 0 Å². The zero-order valence-corrected chi connectivity index (χ0v) is 7.79. The number of hydrogen-bond acceptors (Lipinski definition) is 3. The topological polar surface area (TPSA) is 59.1 Å². The molecule has 0 amide bonds. The third kappa shape index (κ3) is 3.25. The summed E-state index contributed by atoms with van der Waals surface area (Å²) in [5.41, 5.74) is 0. The number of rotatable bonds is 4. The Labute approximate surface area is 77.4 Å². The Balaban J connectivity index is 2.75. The first kappa shape index (κ1) is 9.73. The average Bonchev–Trinajstić information content (AvgIpc) is 2.04. The van der Waals surface area contributed by atoms with E-state index in [1.165, 1.54) is 12.3 Å². The molecule has 0 spiro atoms. The van der Waals surface area contributed by atoms with Crippen molar-refractivity contribution in [1.82, 2.24) is 4.98 Å². The summed E-state index contributed by atoms with van der Waals surface area (Å²) in [5, 5.41) is 0. The summed E-state index contributed by atoms with van der Waals surface area (Å²) in [6.07, 6.45) is 2.84. The maximum Gasteiger partial charge on any atom is 0.237 e. The molecule has 0 saturated carbocycles. The standard InChI is InChI=1S/C8H10N2O2S/c1-2-7-13(11,12)10-8-5-3-4-6-9-8/h2-6H,1,7H2,(H,9,10). The SMILES string of the molecule is C=CCS(=O)(=O)Nc1ccccn1. The highest BCUT2D eigenvalue weighted by atomic mass is 32.2. The second-order valence-corrected chi connectivity index (χ2v) is 4.15. The molecule has 0 aromatic carbocycles. The summed E-state index contributed by atoms with van der Waals surface area (Å²) in [6.45, 7) is 3.35. The van der Waals surface area contributed by atoms with Gasteiger partial charge in [-0.25, -0.2) is 13.4 Å². The molecule has 4 nitrogen and oxygen atoms in total. The summed E-state index contributed by atoms with van der Waals surface area (Å²) < 4.78 is 24.7. The number of sulfonamides is 1. The molecule has 1 aromatic rings. The fourth-order valence-corrected chi connectivity index (χ4v) is 1.61. The first-order valence-corrected chi connectivity index (χ1v) is 5.32. The maximum absolute atomic E-state index is 11.2. The number of nitrogens with one attached hydrogen (secondary N) is 1. The van der Waals surface area contributed by atoms with E-state index in [9.17, 15) is 8.42 Å². The van der Waals surface area contributed by atoms with Gasteiger partial charge in [0.1, 0.15) is 5.82 Å². The molecule has 0 saturated heterocycles. The average molecular weight is 198 g/mol. The van der Waals surface area contributed by atoms with Gasteiger partial charge < -0.3 is 0 Å². The Bertz CT molecular complexity index is 372. The lowest BCUT2D eigenvalue weighted by atomic mass is 10.5. The minimum absolute atomic E-state index is 0.108. The van der Waals surface area contributed by atoms with Gasteiger partial charge in [-0.1, -0.05) is 12.1 Å². The highest BCUT2D eigenvalue weighted by molar-refractivity contribution is 7.92. The van der Waals surface area contributed by atoms with Gasteiger partial charge in [0.2, 0.25) is 10.0 Å². The number of nitrogens with zero attached hydrogens (tertiary/aromatic N) is 1. The smallest absolute Gasteiger partial charge is 0.237 e. The van der Waals surface area contributed by atoms with Gasteiger partial charge in [-0.3, -0.25) is 4.72 Å². The predicted octanol–water partition coefficient (Wildman–Crippen LogP) is 1.01. The van der Waals surface area contributed by atoms with Crippen molar-refractivity contribution < 1.29 is 8.42 Å². The van der Waals surface area contributed by atoms with Crippen LogP contribution in [0.1, 0.15) is 0 Å². The van der Waals surface area contributed by atoms with Crippen LogP contribution < -0.4 is 4.72 Å². The highest BCUT2D eigenvalue weighted by Crippen LogP contribution is 2.03. The molecule has 1 aromatic heterocycles. The third-order valence-corrected chi connectivity index (χ3v) is 2.46. The van der Waals surface area contributed by atoms with Gasteiger partial charge in [-0.05, 0) is 12.1 Å². The second-order valence-electron chi connectivity index (χ2n) is 2.39. The minimum Gasteiger partial charge on any atom is -0.267 e. The Morgan fingerprint density at radius 1 is 1.54 bits per heavy atom. The summed E-state index contributed by atoms with van der Waals surface area (Å²) in [7, 11) is -3.32. The van der Waals surface area contributed by atoms with E-state index in [0.29, 0.717) is 5.82 Å². The van der Waals surface area contributed by atoms with Crippen molar-refractivity contribution in [2.75, 3.05) is 10.5 Å². The monoisotopic (exact) mass is 198 g/mol. The van der Waals surface area contributed by atoms with Crippen LogP contribution in [-0.2, 0) is 10.0 Å². The van der Waals surface area contributed by atoms with Gasteiger partial charge in [0, 0.05) is 6.20 Å². The van der Waals surface area contributed by atoms with E-state index in [0.717, 1.165) is 0 Å². The molecule has 0 aliphatic rings. The molecule has 1 heterocycles. The fraction of sp³-hybridized carbons (Fsp3) is 0.125. The van der Waals surface area contributed by atoms with Crippen molar-refractivity contribution >= 4 is 15.8 Å². The molecule has 0 radical (unpaired) electrons. The molecule has 0 bridgehead atoms. The van der Waals surface area contributed by atoms with E-state index in [1.807, 2.05) is 0 Å². The number of anilines is 1. The van der Waals surface area contributed by atoms with E-state index < -0.39 is 10.0 Å². The Morgan fingerprint density at radius 3 is 2.85 bits per heavy atom. The second kappa shape index (κ2) is 4.04. The first-order chi connectivity index (χ1) is 6.14. The summed E-state index contributed by atoms with van der Waals surface area (Å²) in [5.74, 6) is 0.216. The van der Waals surface area contributed by atoms with Crippen molar-refractivity contribution in [2.45, 2.75) is 0 Å². The number of pyridine rings is 1. The van der Waals surface area contributed by atoms with Crippen LogP contribution in [0.2, 0.25) is 0 Å². The van der Waals surface area contributed by atoms with Gasteiger partial charge in [0.05, 0.1) is 5.75 Å². The lowest BCUT2D eigenvalue weighted by Crippen LogP contribution is -2.15. The molecule has 0 fully saturated rings. The van der Waals surface area contributed by atoms with Crippen molar-refractivity contribution in [1.29, 1.82) is 0 Å². The van der Waals surface area contributed by atoms with Crippen LogP contribution in [0.15, 0.2) is 37.1 Å². The molecule has 13 heavy (non-hydrogen) atoms. The highest BCUT2D eigenvalue weighted by Gasteiger charge is 2.06. The first-order valence-electron chi connectivity index (χ1n) is 3.66. The van der Waals surface area contributed by atoms with Gasteiger partial charge in [-0.15, -0.1) is 6.58 Å². The normalized spacial score (nSPS) is 10.8. The molecule has 5 heteroatoms. The number of aromatic nitrogens is 1. The Morgan fingerprint density at radius 2 is 2.31 bits per heavy atom. The zero-order valence-electron chi connectivity index (χ0n) is 6.97. The fourth-order valence-electron chi connectivity index (χ4n) is 0.779. The summed E-state index contributed by atoms with van der Waals surface area (Å²) >= 11 is 0. The predicted molar refractivity (Wildman–Crippen MR) is 51.8 cm³/mol. The van der Waals surface area contributed by atoms with Crippen LogP contribution in [0.5, 0.6) is 0 Å². The van der Waals surface area contributed by atoms with Crippen molar-refractivity contribution in [3.05, 3.63) is 37.1 Å². The van der Waals surface area contributed by atoms with Crippen LogP contribution in [0.3, 0.4) is 0 Å². The number of hydrogen-bond donors (Lipinski definition) is 1. The van der Waals surface area contributed by atoms with Gasteiger partial charge in [0.15, 0.2) is 0 Å². The van der Waals surface area contributed by atoms with Crippen LogP contribution in [0.25, 0.3) is 0 Å². The lowest BCUT2D eigenvalue weighted by Gasteiger charge is -2.03. The quantitative estimate of drug-likeness (QED) is 0.734. The van der Waals surface area contributed by atoms with Crippen LogP contribution in [0.4, 0.5) is 5.82 Å². The van der Waals surface area contributed by atoms with E-state index >= 15 is 0 Å². The third-order valence-electron chi connectivity index (χ3n) is 1.26. The lowest BCUT2D eigenvalue weighted by molar-refractivity contribution is 0.604. The van der Waals surface area contributed by atoms with Crippen LogP contribution >= 0.6 is 0 Å². The summed E-state index contributed by atoms with van der Waals surface area (Å²) in [6, 6.07) is 5.00. The van der Waals surface area contributed by atoms with E-state index in [-0.39, 0.29) is 5.75 Å². The molecule has 70 valence electrons. The summed E-state index contributed by atoms with van der Waals surface area (Å²) in [4.78, 5) is 3.82. The van der Waals surface area contributed by atoms with E-state index in [2.05, 4.69) is 16.3 Å². The molecule has 0 atom stereocenters. The molecule has 1 rings (SSSR count). The molecule has 0 aliphatic heterocycles. The molecule has 0 aliphatic carbocycles. The molecule has 1 N–H and O–H groups in total.